The van der Waals surface area contributed by atoms with E-state index in [1.54, 1.807) is 11.0 Å². The molecule has 2 heterocycles. The van der Waals surface area contributed by atoms with Crippen LogP contribution in [0.15, 0.2) is 78.9 Å². The Morgan fingerprint density at radius 1 is 0.867 bits per heavy atom. The van der Waals surface area contributed by atoms with Crippen LogP contribution in [0.4, 0.5) is 17.1 Å². The van der Waals surface area contributed by atoms with Gasteiger partial charge in [0, 0.05) is 23.5 Å². The molecule has 0 saturated heterocycles. The molecule has 0 bridgehead atoms. The number of amides is 2. The van der Waals surface area contributed by atoms with Gasteiger partial charge in [0.25, 0.3) is 11.8 Å². The van der Waals surface area contributed by atoms with Gasteiger partial charge in [-0.1, -0.05) is 61.9 Å². The predicted octanol–water partition coefficient (Wildman–Crippen LogP) is 4.76. The molecule has 5 rings (SSSR count). The van der Waals surface area contributed by atoms with Crippen LogP contribution < -0.4 is 15.1 Å². The van der Waals surface area contributed by atoms with Crippen molar-refractivity contribution in [3.05, 3.63) is 90.0 Å². The Labute approximate surface area is 175 Å². The summed E-state index contributed by atoms with van der Waals surface area (Å²) in [7, 11) is 0. The number of unbranched alkanes of at least 4 members (excludes halogenated alkanes) is 1. The third-order valence-corrected chi connectivity index (χ3v) is 5.90. The van der Waals surface area contributed by atoms with E-state index in [-0.39, 0.29) is 11.8 Å². The first-order valence-corrected chi connectivity index (χ1v) is 10.4. The van der Waals surface area contributed by atoms with Gasteiger partial charge in [0.2, 0.25) is 5.66 Å². The van der Waals surface area contributed by atoms with E-state index in [0.717, 1.165) is 24.1 Å². The van der Waals surface area contributed by atoms with E-state index in [1.165, 1.54) is 0 Å². The molecule has 30 heavy (non-hydrogen) atoms. The summed E-state index contributed by atoms with van der Waals surface area (Å²) in [5.41, 5.74) is 2.27. The Morgan fingerprint density at radius 3 is 2.37 bits per heavy atom. The summed E-state index contributed by atoms with van der Waals surface area (Å²) in [6.45, 7) is 2.73. The van der Waals surface area contributed by atoms with Crippen molar-refractivity contribution in [3.63, 3.8) is 0 Å². The van der Waals surface area contributed by atoms with Gasteiger partial charge in [-0.2, -0.15) is 0 Å². The van der Waals surface area contributed by atoms with Crippen LogP contribution in [-0.4, -0.2) is 18.4 Å². The van der Waals surface area contributed by atoms with E-state index in [0.29, 0.717) is 23.5 Å². The zero-order valence-electron chi connectivity index (χ0n) is 16.8. The van der Waals surface area contributed by atoms with E-state index in [9.17, 15) is 9.59 Å². The van der Waals surface area contributed by atoms with Gasteiger partial charge in [-0.3, -0.25) is 14.5 Å². The van der Waals surface area contributed by atoms with Gasteiger partial charge < -0.3 is 10.2 Å². The summed E-state index contributed by atoms with van der Waals surface area (Å²) >= 11 is 0. The molecule has 2 amide bonds. The first-order chi connectivity index (χ1) is 14.7. The van der Waals surface area contributed by atoms with Crippen molar-refractivity contribution >= 4 is 28.9 Å². The zero-order valence-corrected chi connectivity index (χ0v) is 16.8. The zero-order chi connectivity index (χ0) is 20.7. The van der Waals surface area contributed by atoms with Crippen LogP contribution in [0.1, 0.15) is 35.7 Å². The minimum absolute atomic E-state index is 0.121. The van der Waals surface area contributed by atoms with E-state index in [1.807, 2.05) is 77.7 Å². The highest BCUT2D eigenvalue weighted by Crippen LogP contribution is 2.49. The van der Waals surface area contributed by atoms with Crippen LogP contribution in [0.25, 0.3) is 0 Å². The molecular formula is C25H23N3O2. The van der Waals surface area contributed by atoms with E-state index in [2.05, 4.69) is 12.2 Å². The number of carbonyl (C=O) groups is 2. The molecule has 0 saturated carbocycles. The third kappa shape index (κ3) is 2.48. The Morgan fingerprint density at radius 2 is 1.57 bits per heavy atom. The Hall–Kier alpha value is -3.60. The summed E-state index contributed by atoms with van der Waals surface area (Å²) in [6.07, 6.45) is 1.88. The molecule has 1 atom stereocenters. The smallest absolute Gasteiger partial charge is 0.279 e. The van der Waals surface area contributed by atoms with Crippen LogP contribution in [-0.2, 0) is 10.5 Å². The van der Waals surface area contributed by atoms with E-state index >= 15 is 0 Å². The molecule has 150 valence electrons. The molecule has 1 spiro atoms. The number of nitrogens with one attached hydrogen (secondary N) is 1. The summed E-state index contributed by atoms with van der Waals surface area (Å²) in [4.78, 5) is 31.3. The predicted molar refractivity (Wildman–Crippen MR) is 119 cm³/mol. The number of fused-ring (bicyclic) bond motifs is 3. The average Bonchev–Trinajstić information content (AvgIpc) is 3.01. The lowest BCUT2D eigenvalue weighted by Gasteiger charge is -2.45. The maximum absolute atomic E-state index is 14.1. The highest BCUT2D eigenvalue weighted by atomic mass is 16.2. The summed E-state index contributed by atoms with van der Waals surface area (Å²) < 4.78 is 0. The number of para-hydroxylation sites is 3. The number of hydrogen-bond acceptors (Lipinski definition) is 3. The molecule has 1 N–H and O–H groups in total. The van der Waals surface area contributed by atoms with E-state index < -0.39 is 5.66 Å². The first kappa shape index (κ1) is 18.4. The standard InChI is InChI=1S/C25H23N3O2/c1-2-3-17-27-22-16-10-8-14-20(22)25(24(27)30)26-21-15-9-7-13-19(21)23(29)28(25)18-11-5-4-6-12-18/h4-16,26H,2-3,17H2,1H3/t25-/m0/s1. The van der Waals surface area contributed by atoms with Gasteiger partial charge >= 0.3 is 0 Å². The molecular weight excluding hydrogens is 374 g/mol. The van der Waals surface area contributed by atoms with Gasteiger partial charge in [0.05, 0.1) is 11.3 Å². The molecule has 0 radical (unpaired) electrons. The largest absolute Gasteiger partial charge is 0.350 e. The Kier molecular flexibility index (Phi) is 4.31. The van der Waals surface area contributed by atoms with Crippen molar-refractivity contribution in [2.24, 2.45) is 0 Å². The van der Waals surface area contributed by atoms with E-state index in [4.69, 9.17) is 0 Å². The van der Waals surface area contributed by atoms with Crippen molar-refractivity contribution in [3.8, 4) is 0 Å². The van der Waals surface area contributed by atoms with Gasteiger partial charge in [0.1, 0.15) is 0 Å². The molecule has 2 aliphatic heterocycles. The monoisotopic (exact) mass is 397 g/mol. The third-order valence-electron chi connectivity index (χ3n) is 5.90. The Balaban J connectivity index is 1.78. The van der Waals surface area contributed by atoms with Gasteiger partial charge in [-0.05, 0) is 36.8 Å². The molecule has 5 nitrogen and oxygen atoms in total. The molecule has 0 unspecified atom stereocenters. The normalized spacial score (nSPS) is 19.6. The maximum Gasteiger partial charge on any atom is 0.279 e. The van der Waals surface area contributed by atoms with Gasteiger partial charge in [-0.15, -0.1) is 0 Å². The number of benzene rings is 3. The average molecular weight is 397 g/mol. The van der Waals surface area contributed by atoms with Crippen molar-refractivity contribution < 1.29 is 9.59 Å². The minimum atomic E-state index is -1.31. The molecule has 0 aromatic heterocycles. The Bertz CT molecular complexity index is 1130. The van der Waals surface area contributed by atoms with Crippen LogP contribution >= 0.6 is 0 Å². The topological polar surface area (TPSA) is 52.7 Å². The minimum Gasteiger partial charge on any atom is -0.350 e. The van der Waals surface area contributed by atoms with Gasteiger partial charge in [-0.25, -0.2) is 0 Å². The molecule has 2 aliphatic rings. The number of carbonyl (C=O) groups excluding carboxylic acids is 2. The lowest BCUT2D eigenvalue weighted by atomic mass is 9.92. The summed E-state index contributed by atoms with van der Waals surface area (Å²) in [6, 6.07) is 24.6. The lowest BCUT2D eigenvalue weighted by molar-refractivity contribution is -0.122. The molecule has 5 heteroatoms. The maximum atomic E-state index is 14.1. The second-order valence-electron chi connectivity index (χ2n) is 7.68. The summed E-state index contributed by atoms with van der Waals surface area (Å²) in [5.74, 6) is -0.306. The highest BCUT2D eigenvalue weighted by molar-refractivity contribution is 6.22. The van der Waals surface area contributed by atoms with Crippen molar-refractivity contribution in [2.45, 2.75) is 25.4 Å². The molecule has 0 fully saturated rings. The first-order valence-electron chi connectivity index (χ1n) is 10.4. The number of rotatable bonds is 4. The van der Waals surface area contributed by atoms with Crippen LogP contribution in [0.5, 0.6) is 0 Å². The van der Waals surface area contributed by atoms with Crippen molar-refractivity contribution in [1.29, 1.82) is 0 Å². The van der Waals surface area contributed by atoms with Gasteiger partial charge in [0.15, 0.2) is 0 Å². The number of anilines is 3. The molecule has 3 aromatic rings. The lowest BCUT2D eigenvalue weighted by Crippen LogP contribution is -2.63. The van der Waals surface area contributed by atoms with Crippen LogP contribution in [0.3, 0.4) is 0 Å². The summed E-state index contributed by atoms with van der Waals surface area (Å²) in [5, 5.41) is 3.48. The van der Waals surface area contributed by atoms with Crippen molar-refractivity contribution in [2.75, 3.05) is 21.7 Å². The quantitative estimate of drug-likeness (QED) is 0.691. The molecule has 0 aliphatic carbocycles. The van der Waals surface area contributed by atoms with Crippen LogP contribution in [0, 0.1) is 0 Å². The fourth-order valence-electron chi connectivity index (χ4n) is 4.50. The fraction of sp³-hybridized carbons (Fsp3) is 0.200. The second-order valence-corrected chi connectivity index (χ2v) is 7.68. The fourth-order valence-corrected chi connectivity index (χ4v) is 4.50. The number of hydrogen-bond donors (Lipinski definition) is 1. The number of nitrogens with zero attached hydrogens (tertiary/aromatic N) is 2. The molecule has 3 aromatic carbocycles. The highest BCUT2D eigenvalue weighted by Gasteiger charge is 2.59. The van der Waals surface area contributed by atoms with Crippen LogP contribution in [0.2, 0.25) is 0 Å². The SMILES string of the molecule is CCCCN1C(=O)[C@]2(Nc3ccccc3C(=O)N2c2ccccc2)c2ccccc21. The van der Waals surface area contributed by atoms with Crippen molar-refractivity contribution in [1.82, 2.24) is 0 Å². The second kappa shape index (κ2) is 7.02.